The maximum Gasteiger partial charge on any atom is 0.327 e. The molecule has 1 N–H and O–H groups in total. The molecule has 0 radical (unpaired) electrons. The van der Waals surface area contributed by atoms with Crippen molar-refractivity contribution >= 4 is 7.60 Å². The molecule has 0 bridgehead atoms. The monoisotopic (exact) mass is 289 g/mol. The van der Waals surface area contributed by atoms with Gasteiger partial charge in [-0.05, 0) is 38.1 Å². The first-order valence-electron chi connectivity index (χ1n) is 7.76. The molecule has 112 valence electrons. The van der Waals surface area contributed by atoms with E-state index in [2.05, 4.69) is 5.32 Å². The predicted octanol–water partition coefficient (Wildman–Crippen LogP) is 3.56. The first-order valence-corrected chi connectivity index (χ1v) is 9.75. The highest BCUT2D eigenvalue weighted by Gasteiger charge is 2.23. The summed E-state index contributed by atoms with van der Waals surface area (Å²) in [5, 5.41) is 3.40. The van der Waals surface area contributed by atoms with E-state index >= 15 is 0 Å². The molecule has 0 spiro atoms. The van der Waals surface area contributed by atoms with Crippen LogP contribution < -0.4 is 5.32 Å². The van der Waals surface area contributed by atoms with Gasteiger partial charge in [-0.25, -0.2) is 0 Å². The third kappa shape index (κ3) is 5.95. The Morgan fingerprint density at radius 2 is 1.68 bits per heavy atom. The minimum Gasteiger partial charge on any atom is -0.312 e. The lowest BCUT2D eigenvalue weighted by molar-refractivity contribution is 0.151. The first kappa shape index (κ1) is 15.5. The van der Waals surface area contributed by atoms with Gasteiger partial charge in [0.2, 0.25) is 0 Å². The number of hydrogen-bond donors (Lipinski definition) is 1. The summed E-state index contributed by atoms with van der Waals surface area (Å²) in [4.78, 5) is 0. The van der Waals surface area contributed by atoms with Crippen molar-refractivity contribution in [1.82, 2.24) is 5.32 Å². The number of nitrogens with one attached hydrogen (secondary N) is 1. The third-order valence-electron chi connectivity index (χ3n) is 4.19. The van der Waals surface area contributed by atoms with E-state index < -0.39 is 7.60 Å². The zero-order valence-electron chi connectivity index (χ0n) is 12.1. The fourth-order valence-corrected chi connectivity index (χ4v) is 3.93. The quantitative estimate of drug-likeness (QED) is 0.759. The maximum atomic E-state index is 12.2. The molecule has 5 heteroatoms. The van der Waals surface area contributed by atoms with Crippen molar-refractivity contribution in [3.8, 4) is 0 Å². The molecule has 0 aromatic heterocycles. The Morgan fingerprint density at radius 1 is 1.00 bits per heavy atom. The van der Waals surface area contributed by atoms with Gasteiger partial charge in [0, 0.05) is 12.7 Å². The summed E-state index contributed by atoms with van der Waals surface area (Å²) >= 11 is 0. The number of piperidine rings is 1. The second kappa shape index (κ2) is 7.78. The van der Waals surface area contributed by atoms with Gasteiger partial charge in [0.25, 0.3) is 0 Å². The van der Waals surface area contributed by atoms with Gasteiger partial charge in [-0.1, -0.05) is 25.7 Å². The minimum absolute atomic E-state index is 0.348. The molecule has 1 aliphatic carbocycles. The largest absolute Gasteiger partial charge is 0.327 e. The van der Waals surface area contributed by atoms with Gasteiger partial charge >= 0.3 is 7.60 Å². The third-order valence-corrected chi connectivity index (χ3v) is 5.43. The van der Waals surface area contributed by atoms with Crippen LogP contribution in [0, 0.1) is 5.92 Å². The van der Waals surface area contributed by atoms with Crippen molar-refractivity contribution in [2.45, 2.75) is 57.4 Å². The van der Waals surface area contributed by atoms with E-state index in [9.17, 15) is 4.57 Å². The molecular formula is C14H28NO3P. The minimum atomic E-state index is -2.87. The Kier molecular flexibility index (Phi) is 6.34. The molecule has 2 unspecified atom stereocenters. The van der Waals surface area contributed by atoms with Gasteiger partial charge in [0.15, 0.2) is 0 Å². The molecule has 0 aromatic rings. The van der Waals surface area contributed by atoms with Gasteiger partial charge < -0.3 is 14.4 Å². The second-order valence-electron chi connectivity index (χ2n) is 6.01. The summed E-state index contributed by atoms with van der Waals surface area (Å²) in [6.07, 6.45) is 9.92. The Balaban J connectivity index is 1.64. The summed E-state index contributed by atoms with van der Waals surface area (Å²) in [6.45, 7) is 3.77. The topological polar surface area (TPSA) is 47.6 Å². The van der Waals surface area contributed by atoms with Crippen LogP contribution in [0.4, 0.5) is 0 Å². The highest BCUT2D eigenvalue weighted by molar-refractivity contribution is 7.52. The van der Waals surface area contributed by atoms with E-state index in [4.69, 9.17) is 9.05 Å². The van der Waals surface area contributed by atoms with Crippen LogP contribution in [0.5, 0.6) is 0 Å². The lowest BCUT2D eigenvalue weighted by Crippen LogP contribution is -2.37. The van der Waals surface area contributed by atoms with E-state index in [0.29, 0.717) is 25.2 Å². The fourth-order valence-electron chi connectivity index (χ4n) is 2.92. The molecule has 1 saturated heterocycles. The zero-order chi connectivity index (χ0) is 13.6. The van der Waals surface area contributed by atoms with E-state index in [-0.39, 0.29) is 0 Å². The highest BCUT2D eigenvalue weighted by Crippen LogP contribution is 2.45. The van der Waals surface area contributed by atoms with Crippen LogP contribution in [0.3, 0.4) is 0 Å². The molecule has 0 aromatic carbocycles. The molecule has 1 aliphatic heterocycles. The van der Waals surface area contributed by atoms with E-state index in [0.717, 1.165) is 13.0 Å². The molecule has 2 fully saturated rings. The standard InChI is InChI=1S/C14H28NO3P/c1-19(16,17-11-13-7-3-2-4-8-13)18-12-14-9-5-6-10-15-14/h13-15H,2-12H2,1H3. The van der Waals surface area contributed by atoms with Gasteiger partial charge in [-0.2, -0.15) is 0 Å². The summed E-state index contributed by atoms with van der Waals surface area (Å²) in [7, 11) is -2.87. The van der Waals surface area contributed by atoms with Crippen LogP contribution in [0.25, 0.3) is 0 Å². The maximum absolute atomic E-state index is 12.2. The van der Waals surface area contributed by atoms with Crippen LogP contribution in [-0.4, -0.2) is 32.5 Å². The van der Waals surface area contributed by atoms with E-state index in [1.807, 2.05) is 0 Å². The molecule has 4 nitrogen and oxygen atoms in total. The van der Waals surface area contributed by atoms with Crippen molar-refractivity contribution in [2.24, 2.45) is 5.92 Å². The van der Waals surface area contributed by atoms with E-state index in [1.165, 1.54) is 44.9 Å². The molecule has 2 rings (SSSR count). The van der Waals surface area contributed by atoms with Crippen molar-refractivity contribution in [3.63, 3.8) is 0 Å². The molecule has 2 aliphatic rings. The van der Waals surface area contributed by atoms with Gasteiger partial charge in [0.05, 0.1) is 13.2 Å². The summed E-state index contributed by atoms with van der Waals surface area (Å²) in [5.74, 6) is 0.582. The van der Waals surface area contributed by atoms with Crippen molar-refractivity contribution in [1.29, 1.82) is 0 Å². The normalized spacial score (nSPS) is 29.0. The van der Waals surface area contributed by atoms with Crippen LogP contribution >= 0.6 is 7.60 Å². The molecule has 1 heterocycles. The summed E-state index contributed by atoms with van der Waals surface area (Å²) in [6, 6.07) is 0.348. The van der Waals surface area contributed by atoms with Crippen LogP contribution in [0.2, 0.25) is 0 Å². The van der Waals surface area contributed by atoms with Gasteiger partial charge in [-0.3, -0.25) is 4.57 Å². The highest BCUT2D eigenvalue weighted by atomic mass is 31.2. The Hall–Kier alpha value is 0.110. The zero-order valence-corrected chi connectivity index (χ0v) is 13.0. The number of hydrogen-bond acceptors (Lipinski definition) is 4. The molecule has 2 atom stereocenters. The Morgan fingerprint density at radius 3 is 2.37 bits per heavy atom. The molecule has 1 saturated carbocycles. The molecule has 0 amide bonds. The van der Waals surface area contributed by atoms with Crippen LogP contribution in [0.15, 0.2) is 0 Å². The molecular weight excluding hydrogens is 261 g/mol. The first-order chi connectivity index (χ1) is 9.16. The molecule has 19 heavy (non-hydrogen) atoms. The van der Waals surface area contributed by atoms with Crippen molar-refractivity contribution in [3.05, 3.63) is 0 Å². The van der Waals surface area contributed by atoms with Crippen molar-refractivity contribution < 1.29 is 13.6 Å². The van der Waals surface area contributed by atoms with Crippen LogP contribution in [-0.2, 0) is 13.6 Å². The Labute approximate surface area is 117 Å². The fraction of sp³-hybridized carbons (Fsp3) is 1.00. The Bertz CT molecular complexity index is 273. The SMILES string of the molecule is CP(=O)(OCC1CCCCC1)OCC1CCCCN1. The lowest BCUT2D eigenvalue weighted by Gasteiger charge is -2.26. The van der Waals surface area contributed by atoms with E-state index in [1.54, 1.807) is 6.66 Å². The van der Waals surface area contributed by atoms with Gasteiger partial charge in [0.1, 0.15) is 0 Å². The van der Waals surface area contributed by atoms with Crippen LogP contribution in [0.1, 0.15) is 51.4 Å². The van der Waals surface area contributed by atoms with Crippen molar-refractivity contribution in [2.75, 3.05) is 26.4 Å². The summed E-state index contributed by atoms with van der Waals surface area (Å²) < 4.78 is 23.3. The predicted molar refractivity (Wildman–Crippen MR) is 77.7 cm³/mol. The average Bonchev–Trinajstić information content (AvgIpc) is 2.46. The number of rotatable bonds is 6. The average molecular weight is 289 g/mol. The lowest BCUT2D eigenvalue weighted by atomic mass is 9.90. The van der Waals surface area contributed by atoms with Gasteiger partial charge in [-0.15, -0.1) is 0 Å². The summed E-state index contributed by atoms with van der Waals surface area (Å²) in [5.41, 5.74) is 0. The smallest absolute Gasteiger partial charge is 0.312 e. The second-order valence-corrected chi connectivity index (χ2v) is 8.07.